The molecule has 0 radical (unpaired) electrons. The van der Waals surface area contributed by atoms with Crippen LogP contribution in [0.1, 0.15) is 20.3 Å². The minimum Gasteiger partial charge on any atom is -0.229 e. The van der Waals surface area contributed by atoms with Gasteiger partial charge in [0.25, 0.3) is 0 Å². The lowest BCUT2D eigenvalue weighted by atomic mass is 10.0. The lowest BCUT2D eigenvalue weighted by Crippen LogP contribution is -2.50. The molecule has 21 heavy (non-hydrogen) atoms. The highest BCUT2D eigenvalue weighted by molar-refractivity contribution is 7.92. The molecule has 0 N–H and O–H groups in total. The van der Waals surface area contributed by atoms with Gasteiger partial charge in [-0.1, -0.05) is 18.5 Å². The van der Waals surface area contributed by atoms with Crippen molar-refractivity contribution < 1.29 is 16.8 Å². The average molecular weight is 352 g/mol. The second-order valence-corrected chi connectivity index (χ2v) is 9.95. The summed E-state index contributed by atoms with van der Waals surface area (Å²) >= 11 is 5.78. The first kappa shape index (κ1) is 16.7. The van der Waals surface area contributed by atoms with Crippen LogP contribution in [-0.4, -0.2) is 44.7 Å². The Hall–Kier alpha value is -0.630. The lowest BCUT2D eigenvalue weighted by molar-refractivity contribution is 0.243. The third-order valence-corrected chi connectivity index (χ3v) is 8.06. The fourth-order valence-electron chi connectivity index (χ4n) is 2.77. The summed E-state index contributed by atoms with van der Waals surface area (Å²) < 4.78 is 50.3. The van der Waals surface area contributed by atoms with Gasteiger partial charge in [0.15, 0.2) is 9.84 Å². The summed E-state index contributed by atoms with van der Waals surface area (Å²) in [5.74, 6) is -0.114. The molecule has 118 valence electrons. The maximum Gasteiger partial charge on any atom is 0.243 e. The summed E-state index contributed by atoms with van der Waals surface area (Å²) in [5, 5.41) is 0.451. The van der Waals surface area contributed by atoms with Crippen molar-refractivity contribution >= 4 is 31.5 Å². The van der Waals surface area contributed by atoms with E-state index in [0.717, 1.165) is 0 Å². The van der Waals surface area contributed by atoms with Gasteiger partial charge in [0.05, 0.1) is 16.4 Å². The zero-order chi connectivity index (χ0) is 15.9. The lowest BCUT2D eigenvalue weighted by Gasteiger charge is -2.35. The van der Waals surface area contributed by atoms with Crippen LogP contribution in [0.5, 0.6) is 0 Å². The Kier molecular flexibility index (Phi) is 4.41. The van der Waals surface area contributed by atoms with Crippen molar-refractivity contribution in [2.24, 2.45) is 0 Å². The van der Waals surface area contributed by atoms with Crippen molar-refractivity contribution in [1.82, 2.24) is 4.31 Å². The molecule has 1 saturated heterocycles. The summed E-state index contributed by atoms with van der Waals surface area (Å²) in [5.41, 5.74) is -0.897. The van der Waals surface area contributed by atoms with Crippen molar-refractivity contribution in [1.29, 1.82) is 0 Å². The van der Waals surface area contributed by atoms with Gasteiger partial charge in [0.1, 0.15) is 0 Å². The van der Waals surface area contributed by atoms with Crippen molar-refractivity contribution in [3.63, 3.8) is 0 Å². The van der Waals surface area contributed by atoms with Crippen LogP contribution in [-0.2, 0) is 19.9 Å². The number of nitrogens with zero attached hydrogens (tertiary/aromatic N) is 1. The van der Waals surface area contributed by atoms with Crippen LogP contribution in [0.4, 0.5) is 0 Å². The van der Waals surface area contributed by atoms with E-state index in [1.165, 1.54) is 28.6 Å². The van der Waals surface area contributed by atoms with Crippen molar-refractivity contribution in [3.05, 3.63) is 29.3 Å². The molecule has 1 fully saturated rings. The topological polar surface area (TPSA) is 71.5 Å². The van der Waals surface area contributed by atoms with E-state index in [1.54, 1.807) is 13.8 Å². The van der Waals surface area contributed by atoms with E-state index >= 15 is 0 Å². The van der Waals surface area contributed by atoms with E-state index < -0.39 is 25.4 Å². The van der Waals surface area contributed by atoms with Gasteiger partial charge in [-0.3, -0.25) is 0 Å². The van der Waals surface area contributed by atoms with Crippen LogP contribution in [0.15, 0.2) is 29.2 Å². The normalized spacial score (nSPS) is 25.3. The molecule has 1 aromatic rings. The highest BCUT2D eigenvalue weighted by Crippen LogP contribution is 2.34. The van der Waals surface area contributed by atoms with E-state index in [4.69, 9.17) is 11.6 Å². The molecule has 1 heterocycles. The van der Waals surface area contributed by atoms with Gasteiger partial charge in [-0.05, 0) is 37.6 Å². The molecule has 0 spiro atoms. The van der Waals surface area contributed by atoms with E-state index in [2.05, 4.69) is 0 Å². The van der Waals surface area contributed by atoms with Gasteiger partial charge in [-0.25, -0.2) is 16.8 Å². The van der Waals surface area contributed by atoms with Crippen LogP contribution < -0.4 is 0 Å². The highest BCUT2D eigenvalue weighted by Gasteiger charge is 2.47. The van der Waals surface area contributed by atoms with E-state index in [-0.39, 0.29) is 22.9 Å². The third-order valence-electron chi connectivity index (χ3n) is 3.77. The summed E-state index contributed by atoms with van der Waals surface area (Å²) in [7, 11) is -6.94. The van der Waals surface area contributed by atoms with Crippen LogP contribution in [0.25, 0.3) is 0 Å². The minimum absolute atomic E-state index is 0.0239. The third kappa shape index (κ3) is 3.26. The molecule has 1 aliphatic heterocycles. The predicted octanol–water partition coefficient (Wildman–Crippen LogP) is 1.93. The molecule has 0 aromatic heterocycles. The Morgan fingerprint density at radius 3 is 2.29 bits per heavy atom. The van der Waals surface area contributed by atoms with Gasteiger partial charge in [-0.15, -0.1) is 0 Å². The molecular formula is C13H18ClNO4S2. The average Bonchev–Trinajstić information content (AvgIpc) is 2.65. The molecule has 1 atom stereocenters. The SMILES string of the molecule is CCN([C@@]1(C)CCS(=O)(=O)C1)S(=O)(=O)c1ccc(Cl)cc1. The number of rotatable bonds is 4. The maximum absolute atomic E-state index is 12.8. The second kappa shape index (κ2) is 5.53. The number of benzene rings is 1. The van der Waals surface area contributed by atoms with Crippen LogP contribution in [0.2, 0.25) is 5.02 Å². The minimum atomic E-state index is -3.75. The first-order chi connectivity index (χ1) is 9.61. The Bertz CT molecular complexity index is 728. The number of sulfonamides is 1. The molecule has 2 rings (SSSR count). The zero-order valence-electron chi connectivity index (χ0n) is 11.9. The summed E-state index contributed by atoms with van der Waals surface area (Å²) in [4.78, 5) is 0.124. The van der Waals surface area contributed by atoms with E-state index in [1.807, 2.05) is 0 Å². The van der Waals surface area contributed by atoms with Gasteiger partial charge >= 0.3 is 0 Å². The zero-order valence-corrected chi connectivity index (χ0v) is 14.3. The Morgan fingerprint density at radius 1 is 1.29 bits per heavy atom. The molecule has 8 heteroatoms. The van der Waals surface area contributed by atoms with Gasteiger partial charge in [0.2, 0.25) is 10.0 Å². The first-order valence-corrected chi connectivity index (χ1v) is 10.2. The molecule has 1 aliphatic rings. The summed E-state index contributed by atoms with van der Waals surface area (Å²) in [6.07, 6.45) is 0.315. The van der Waals surface area contributed by atoms with Gasteiger partial charge in [0, 0.05) is 17.1 Å². The first-order valence-electron chi connectivity index (χ1n) is 6.60. The van der Waals surface area contributed by atoms with Crippen LogP contribution in [0, 0.1) is 0 Å². The predicted molar refractivity (Wildman–Crippen MR) is 82.7 cm³/mol. The molecular weight excluding hydrogens is 334 g/mol. The molecule has 1 aromatic carbocycles. The van der Waals surface area contributed by atoms with E-state index in [0.29, 0.717) is 11.4 Å². The molecule has 0 saturated carbocycles. The Labute approximate surface area is 130 Å². The van der Waals surface area contributed by atoms with E-state index in [9.17, 15) is 16.8 Å². The van der Waals surface area contributed by atoms with Crippen molar-refractivity contribution in [2.75, 3.05) is 18.1 Å². The number of sulfone groups is 1. The summed E-state index contributed by atoms with van der Waals surface area (Å²) in [6.45, 7) is 3.62. The Balaban J connectivity index is 2.43. The highest BCUT2D eigenvalue weighted by atomic mass is 35.5. The molecule has 0 amide bonds. The smallest absolute Gasteiger partial charge is 0.229 e. The molecule has 0 bridgehead atoms. The maximum atomic E-state index is 12.8. The van der Waals surface area contributed by atoms with Crippen LogP contribution >= 0.6 is 11.6 Å². The monoisotopic (exact) mass is 351 g/mol. The molecule has 0 unspecified atom stereocenters. The molecule has 0 aliphatic carbocycles. The van der Waals surface area contributed by atoms with Gasteiger partial charge < -0.3 is 0 Å². The summed E-state index contributed by atoms with van der Waals surface area (Å²) in [6, 6.07) is 5.90. The second-order valence-electron chi connectivity index (χ2n) is 5.46. The number of hydrogen-bond donors (Lipinski definition) is 0. The largest absolute Gasteiger partial charge is 0.243 e. The van der Waals surface area contributed by atoms with Crippen molar-refractivity contribution in [2.45, 2.75) is 30.7 Å². The number of hydrogen-bond acceptors (Lipinski definition) is 4. The Morgan fingerprint density at radius 2 is 1.86 bits per heavy atom. The fourth-order valence-corrected chi connectivity index (χ4v) is 6.93. The van der Waals surface area contributed by atoms with Gasteiger partial charge in [-0.2, -0.15) is 4.31 Å². The fraction of sp³-hybridized carbons (Fsp3) is 0.538. The molecule has 5 nitrogen and oxygen atoms in total. The standard InChI is InChI=1S/C13H18ClNO4S2/c1-3-15(13(2)8-9-20(16,17)10-13)21(18,19)12-6-4-11(14)5-7-12/h4-7H,3,8-10H2,1-2H3/t13-/m0/s1. The quantitative estimate of drug-likeness (QED) is 0.831. The van der Waals surface area contributed by atoms with Crippen LogP contribution in [0.3, 0.4) is 0 Å². The number of halogens is 1. The van der Waals surface area contributed by atoms with Crippen molar-refractivity contribution in [3.8, 4) is 0 Å².